The highest BCUT2D eigenvalue weighted by Gasteiger charge is 2.11. The van der Waals surface area contributed by atoms with Crippen LogP contribution in [0.1, 0.15) is 11.4 Å². The van der Waals surface area contributed by atoms with Gasteiger partial charge in [-0.1, -0.05) is 18.2 Å². The number of amides is 3. The molecule has 24 heavy (non-hydrogen) atoms. The monoisotopic (exact) mass is 347 g/mol. The van der Waals surface area contributed by atoms with Crippen LogP contribution in [0.2, 0.25) is 0 Å². The fourth-order valence-electron chi connectivity index (χ4n) is 1.83. The van der Waals surface area contributed by atoms with Crippen LogP contribution >= 0.6 is 11.3 Å². The summed E-state index contributed by atoms with van der Waals surface area (Å²) in [5.41, 5.74) is 0.899. The predicted molar refractivity (Wildman–Crippen MR) is 90.6 cm³/mol. The fourth-order valence-corrected chi connectivity index (χ4v) is 2.79. The van der Waals surface area contributed by atoms with E-state index in [2.05, 4.69) is 16.9 Å². The predicted octanol–water partition coefficient (Wildman–Crippen LogP) is 1.78. The molecule has 0 saturated heterocycles. The Morgan fingerprint density at radius 1 is 1.29 bits per heavy atom. The molecular formula is C16H17N3O4S. The molecule has 1 aromatic heterocycles. The van der Waals surface area contributed by atoms with Crippen LogP contribution in [0, 0.1) is 0 Å². The van der Waals surface area contributed by atoms with Crippen molar-refractivity contribution in [2.24, 2.45) is 0 Å². The van der Waals surface area contributed by atoms with E-state index in [4.69, 9.17) is 4.74 Å². The Morgan fingerprint density at radius 2 is 2.08 bits per heavy atom. The highest BCUT2D eigenvalue weighted by atomic mass is 32.1. The van der Waals surface area contributed by atoms with Gasteiger partial charge in [-0.2, -0.15) is 0 Å². The Labute approximate surface area is 142 Å². The number of benzene rings is 1. The summed E-state index contributed by atoms with van der Waals surface area (Å²) < 4.78 is 5.89. The summed E-state index contributed by atoms with van der Waals surface area (Å²) in [7, 11) is 0. The van der Waals surface area contributed by atoms with Gasteiger partial charge < -0.3 is 10.1 Å². The maximum Gasteiger partial charge on any atom is 0.321 e. The number of aryl methyl sites for hydroxylation is 1. The van der Waals surface area contributed by atoms with Gasteiger partial charge in [0.25, 0.3) is 5.91 Å². The number of esters is 1. The summed E-state index contributed by atoms with van der Waals surface area (Å²) >= 11 is 1.52. The molecule has 3 amide bonds. The Bertz CT molecular complexity index is 724. The molecule has 2 aromatic rings. The maximum absolute atomic E-state index is 11.7. The SMILES string of the molecule is C=CCNC(=O)NC(=O)COC(=O)CCc1nc2ccccc2s1. The van der Waals surface area contributed by atoms with Crippen LogP contribution in [-0.2, 0) is 20.7 Å². The number of urea groups is 1. The molecule has 2 N–H and O–H groups in total. The van der Waals surface area contributed by atoms with E-state index in [9.17, 15) is 14.4 Å². The molecule has 0 aliphatic carbocycles. The topological polar surface area (TPSA) is 97.4 Å². The van der Waals surface area contributed by atoms with Gasteiger partial charge in [0.05, 0.1) is 21.6 Å². The highest BCUT2D eigenvalue weighted by molar-refractivity contribution is 7.18. The second-order valence-electron chi connectivity index (χ2n) is 4.78. The van der Waals surface area contributed by atoms with Gasteiger partial charge in [0.2, 0.25) is 0 Å². The van der Waals surface area contributed by atoms with Gasteiger partial charge >= 0.3 is 12.0 Å². The Kier molecular flexibility index (Phi) is 6.44. The summed E-state index contributed by atoms with van der Waals surface area (Å²) in [6, 6.07) is 7.06. The van der Waals surface area contributed by atoms with Gasteiger partial charge in [0.15, 0.2) is 6.61 Å². The van der Waals surface area contributed by atoms with Crippen LogP contribution in [0.5, 0.6) is 0 Å². The van der Waals surface area contributed by atoms with E-state index in [1.165, 1.54) is 17.4 Å². The first-order valence-corrected chi connectivity index (χ1v) is 8.09. The minimum atomic E-state index is -0.690. The van der Waals surface area contributed by atoms with Crippen molar-refractivity contribution in [2.75, 3.05) is 13.2 Å². The third-order valence-electron chi connectivity index (χ3n) is 2.91. The van der Waals surface area contributed by atoms with Crippen LogP contribution in [0.3, 0.4) is 0 Å². The zero-order valence-electron chi connectivity index (χ0n) is 12.9. The van der Waals surface area contributed by atoms with Crippen molar-refractivity contribution in [1.29, 1.82) is 0 Å². The maximum atomic E-state index is 11.7. The van der Waals surface area contributed by atoms with Gasteiger partial charge in [0, 0.05) is 13.0 Å². The van der Waals surface area contributed by atoms with Crippen molar-refractivity contribution in [2.45, 2.75) is 12.8 Å². The zero-order chi connectivity index (χ0) is 17.4. The Balaban J connectivity index is 1.70. The largest absolute Gasteiger partial charge is 0.456 e. The van der Waals surface area contributed by atoms with E-state index in [1.807, 2.05) is 29.6 Å². The second-order valence-corrected chi connectivity index (χ2v) is 5.90. The molecule has 0 radical (unpaired) electrons. The van der Waals surface area contributed by atoms with E-state index in [0.29, 0.717) is 6.42 Å². The van der Waals surface area contributed by atoms with Crippen molar-refractivity contribution >= 4 is 39.5 Å². The number of ether oxygens (including phenoxy) is 1. The fraction of sp³-hybridized carbons (Fsp3) is 0.250. The van der Waals surface area contributed by atoms with Crippen molar-refractivity contribution in [3.05, 3.63) is 41.9 Å². The summed E-state index contributed by atoms with van der Waals surface area (Å²) in [6.45, 7) is 3.17. The number of rotatable bonds is 7. The molecule has 0 bridgehead atoms. The Hall–Kier alpha value is -2.74. The minimum absolute atomic E-state index is 0.121. The second kappa shape index (κ2) is 8.78. The molecule has 8 heteroatoms. The summed E-state index contributed by atoms with van der Waals surface area (Å²) in [4.78, 5) is 38.7. The van der Waals surface area contributed by atoms with Crippen LogP contribution < -0.4 is 10.6 Å². The van der Waals surface area contributed by atoms with Crippen LogP contribution in [0.15, 0.2) is 36.9 Å². The van der Waals surface area contributed by atoms with Gasteiger partial charge in [-0.15, -0.1) is 17.9 Å². The van der Waals surface area contributed by atoms with Crippen molar-refractivity contribution in [1.82, 2.24) is 15.6 Å². The summed E-state index contributed by atoms with van der Waals surface area (Å²) in [6.07, 6.45) is 2.04. The molecule has 0 atom stereocenters. The molecule has 2 rings (SSSR count). The smallest absolute Gasteiger partial charge is 0.321 e. The van der Waals surface area contributed by atoms with Crippen LogP contribution in [0.4, 0.5) is 4.79 Å². The quantitative estimate of drug-likeness (QED) is 0.588. The minimum Gasteiger partial charge on any atom is -0.456 e. The molecule has 0 spiro atoms. The number of hydrogen-bond acceptors (Lipinski definition) is 6. The standard InChI is InChI=1S/C16H17N3O4S/c1-2-9-17-16(22)19-13(20)10-23-15(21)8-7-14-18-11-5-3-4-6-12(11)24-14/h2-6H,1,7-10H2,(H2,17,19,20,22). The molecule has 126 valence electrons. The number of nitrogens with zero attached hydrogens (tertiary/aromatic N) is 1. The van der Waals surface area contributed by atoms with E-state index in [1.54, 1.807) is 0 Å². The third kappa shape index (κ3) is 5.47. The lowest BCUT2D eigenvalue weighted by Crippen LogP contribution is -2.41. The summed E-state index contributed by atoms with van der Waals surface area (Å²) in [5, 5.41) is 5.25. The highest BCUT2D eigenvalue weighted by Crippen LogP contribution is 2.22. The van der Waals surface area contributed by atoms with Gasteiger partial charge in [0.1, 0.15) is 0 Å². The molecule has 0 aliphatic heterocycles. The van der Waals surface area contributed by atoms with E-state index >= 15 is 0 Å². The normalized spacial score (nSPS) is 10.2. The lowest BCUT2D eigenvalue weighted by atomic mass is 10.3. The average Bonchev–Trinajstić information content (AvgIpc) is 2.99. The van der Waals surface area contributed by atoms with E-state index < -0.39 is 24.5 Å². The molecule has 7 nitrogen and oxygen atoms in total. The lowest BCUT2D eigenvalue weighted by Gasteiger charge is -2.05. The van der Waals surface area contributed by atoms with E-state index in [0.717, 1.165) is 15.2 Å². The van der Waals surface area contributed by atoms with Crippen LogP contribution in [-0.4, -0.2) is 36.0 Å². The molecule has 0 saturated carbocycles. The van der Waals surface area contributed by atoms with Crippen molar-refractivity contribution in [3.63, 3.8) is 0 Å². The van der Waals surface area contributed by atoms with Gasteiger partial charge in [-0.3, -0.25) is 14.9 Å². The number of para-hydroxylation sites is 1. The van der Waals surface area contributed by atoms with E-state index in [-0.39, 0.29) is 13.0 Å². The average molecular weight is 347 g/mol. The Morgan fingerprint density at radius 3 is 2.83 bits per heavy atom. The molecule has 0 fully saturated rings. The van der Waals surface area contributed by atoms with Crippen molar-refractivity contribution in [3.8, 4) is 0 Å². The van der Waals surface area contributed by atoms with Gasteiger partial charge in [-0.25, -0.2) is 9.78 Å². The number of imide groups is 1. The summed E-state index contributed by atoms with van der Waals surface area (Å²) in [5.74, 6) is -1.21. The molecule has 0 unspecified atom stereocenters. The number of nitrogens with one attached hydrogen (secondary N) is 2. The number of aromatic nitrogens is 1. The third-order valence-corrected chi connectivity index (χ3v) is 4.00. The number of hydrogen-bond donors (Lipinski definition) is 2. The molecule has 1 aromatic carbocycles. The first-order chi connectivity index (χ1) is 11.6. The number of thiazole rings is 1. The molecule has 0 aliphatic rings. The first-order valence-electron chi connectivity index (χ1n) is 7.27. The van der Waals surface area contributed by atoms with Crippen molar-refractivity contribution < 1.29 is 19.1 Å². The molecule has 1 heterocycles. The number of carbonyl (C=O) groups is 3. The zero-order valence-corrected chi connectivity index (χ0v) is 13.7. The first kappa shape index (κ1) is 17.6. The lowest BCUT2D eigenvalue weighted by molar-refractivity contribution is -0.148. The number of fused-ring (bicyclic) bond motifs is 1. The number of carbonyl (C=O) groups excluding carboxylic acids is 3. The van der Waals surface area contributed by atoms with Crippen LogP contribution in [0.25, 0.3) is 10.2 Å². The van der Waals surface area contributed by atoms with Gasteiger partial charge in [-0.05, 0) is 12.1 Å². The molecular weight excluding hydrogens is 330 g/mol.